The molecule has 0 saturated carbocycles. The van der Waals surface area contributed by atoms with Crippen LogP contribution in [-0.2, 0) is 6.42 Å². The number of benzene rings is 2. The van der Waals surface area contributed by atoms with Crippen molar-refractivity contribution in [2.24, 2.45) is 0 Å². The van der Waals surface area contributed by atoms with Gasteiger partial charge in [0, 0.05) is 33.9 Å². The molecule has 0 aliphatic rings. The van der Waals surface area contributed by atoms with Crippen LogP contribution in [0.1, 0.15) is 35.5 Å². The van der Waals surface area contributed by atoms with E-state index < -0.39 is 0 Å². The molecule has 0 saturated heterocycles. The summed E-state index contributed by atoms with van der Waals surface area (Å²) >= 11 is 0. The van der Waals surface area contributed by atoms with Gasteiger partial charge in [-0.15, -0.1) is 0 Å². The summed E-state index contributed by atoms with van der Waals surface area (Å²) < 4.78 is 13.0. The van der Waals surface area contributed by atoms with Crippen LogP contribution in [0, 0.1) is 12.7 Å². The molecule has 3 aromatic rings. The van der Waals surface area contributed by atoms with Gasteiger partial charge in [0.15, 0.2) is 0 Å². The Labute approximate surface area is 152 Å². The van der Waals surface area contributed by atoms with Crippen molar-refractivity contribution in [2.75, 3.05) is 11.9 Å². The lowest BCUT2D eigenvalue weighted by Gasteiger charge is -2.09. The Morgan fingerprint density at radius 3 is 2.58 bits per heavy atom. The summed E-state index contributed by atoms with van der Waals surface area (Å²) in [7, 11) is 0. The van der Waals surface area contributed by atoms with Gasteiger partial charge in [-0.05, 0) is 67.9 Å². The molecule has 3 rings (SSSR count). The number of hydrogen-bond donors (Lipinski definition) is 3. The molecular formula is C21H24FN3O. The zero-order valence-electron chi connectivity index (χ0n) is 15.3. The summed E-state index contributed by atoms with van der Waals surface area (Å²) in [5.74, 6) is -0.606. The first-order chi connectivity index (χ1) is 12.4. The molecule has 3 N–H and O–H groups in total. The van der Waals surface area contributed by atoms with Crippen LogP contribution in [0.5, 0.6) is 0 Å². The molecule has 4 nitrogen and oxygen atoms in total. The van der Waals surface area contributed by atoms with Crippen LogP contribution in [-0.4, -0.2) is 23.5 Å². The van der Waals surface area contributed by atoms with Gasteiger partial charge < -0.3 is 15.6 Å². The minimum absolute atomic E-state index is 0.250. The van der Waals surface area contributed by atoms with Gasteiger partial charge in [0.1, 0.15) is 5.82 Å². The van der Waals surface area contributed by atoms with Crippen LogP contribution in [0.25, 0.3) is 10.9 Å². The van der Waals surface area contributed by atoms with Crippen LogP contribution in [0.3, 0.4) is 0 Å². The van der Waals surface area contributed by atoms with E-state index in [0.29, 0.717) is 11.6 Å². The molecule has 2 aromatic carbocycles. The van der Waals surface area contributed by atoms with E-state index in [1.807, 2.05) is 18.2 Å². The fourth-order valence-electron chi connectivity index (χ4n) is 3.07. The zero-order valence-corrected chi connectivity index (χ0v) is 15.3. The Hall–Kier alpha value is -2.66. The highest BCUT2D eigenvalue weighted by atomic mass is 19.1. The lowest BCUT2D eigenvalue weighted by Crippen LogP contribution is -2.25. The van der Waals surface area contributed by atoms with Crippen molar-refractivity contribution in [3.63, 3.8) is 0 Å². The van der Waals surface area contributed by atoms with E-state index >= 15 is 0 Å². The molecule has 0 bridgehead atoms. The number of H-pyrrole nitrogens is 1. The molecule has 0 spiro atoms. The van der Waals surface area contributed by atoms with E-state index in [1.165, 1.54) is 29.8 Å². The molecule has 0 unspecified atom stereocenters. The molecule has 0 aliphatic heterocycles. The molecule has 5 heteroatoms. The second-order valence-electron chi connectivity index (χ2n) is 6.81. The van der Waals surface area contributed by atoms with Crippen LogP contribution in [0.2, 0.25) is 0 Å². The molecule has 1 aromatic heterocycles. The first kappa shape index (κ1) is 18.1. The number of carbonyl (C=O) groups excluding carboxylic acids is 1. The van der Waals surface area contributed by atoms with Crippen molar-refractivity contribution in [3.8, 4) is 0 Å². The van der Waals surface area contributed by atoms with Crippen molar-refractivity contribution >= 4 is 22.5 Å². The number of anilines is 1. The molecule has 0 radical (unpaired) electrons. The van der Waals surface area contributed by atoms with E-state index in [4.69, 9.17) is 0 Å². The molecule has 1 amide bonds. The maximum absolute atomic E-state index is 13.0. The average molecular weight is 353 g/mol. The summed E-state index contributed by atoms with van der Waals surface area (Å²) in [6.45, 7) is 7.23. The highest BCUT2D eigenvalue weighted by molar-refractivity contribution is 6.05. The zero-order chi connectivity index (χ0) is 18.7. The quantitative estimate of drug-likeness (QED) is 0.615. The van der Waals surface area contributed by atoms with Gasteiger partial charge in [-0.2, -0.15) is 0 Å². The Morgan fingerprint density at radius 1 is 1.15 bits per heavy atom. The topological polar surface area (TPSA) is 56.9 Å². The van der Waals surface area contributed by atoms with Gasteiger partial charge in [-0.3, -0.25) is 4.79 Å². The van der Waals surface area contributed by atoms with Crippen LogP contribution < -0.4 is 10.6 Å². The van der Waals surface area contributed by atoms with E-state index in [2.05, 4.69) is 36.4 Å². The largest absolute Gasteiger partial charge is 0.358 e. The van der Waals surface area contributed by atoms with Crippen LogP contribution in [0.4, 0.5) is 10.1 Å². The van der Waals surface area contributed by atoms with Crippen molar-refractivity contribution in [3.05, 3.63) is 65.1 Å². The molecule has 136 valence electrons. The van der Waals surface area contributed by atoms with Crippen molar-refractivity contribution in [2.45, 2.75) is 33.2 Å². The first-order valence-electron chi connectivity index (χ1n) is 8.85. The Balaban J connectivity index is 1.81. The number of aryl methyl sites for hydroxylation is 1. The average Bonchev–Trinajstić information content (AvgIpc) is 2.90. The molecule has 0 atom stereocenters. The maximum atomic E-state index is 13.0. The minimum Gasteiger partial charge on any atom is -0.358 e. The van der Waals surface area contributed by atoms with E-state index in [0.717, 1.165) is 35.2 Å². The summed E-state index contributed by atoms with van der Waals surface area (Å²) in [5, 5.41) is 7.44. The molecule has 1 heterocycles. The van der Waals surface area contributed by atoms with E-state index in [1.54, 1.807) is 0 Å². The predicted octanol–water partition coefficient (Wildman–Crippen LogP) is 4.41. The molecule has 26 heavy (non-hydrogen) atoms. The van der Waals surface area contributed by atoms with E-state index in [-0.39, 0.29) is 11.7 Å². The van der Waals surface area contributed by atoms with E-state index in [9.17, 15) is 9.18 Å². The highest BCUT2D eigenvalue weighted by Gasteiger charge is 2.11. The monoisotopic (exact) mass is 353 g/mol. The third kappa shape index (κ3) is 4.11. The second kappa shape index (κ2) is 7.70. The Bertz CT molecular complexity index is 913. The van der Waals surface area contributed by atoms with Crippen molar-refractivity contribution < 1.29 is 9.18 Å². The summed E-state index contributed by atoms with van der Waals surface area (Å²) in [4.78, 5) is 15.7. The molecule has 0 aliphatic carbocycles. The van der Waals surface area contributed by atoms with Crippen LogP contribution >= 0.6 is 0 Å². The third-order valence-electron chi connectivity index (χ3n) is 4.41. The smallest absolute Gasteiger partial charge is 0.255 e. The standard InChI is InChI=1S/C21H24FN3O/c1-13(2)23-11-10-18-14(3)24-20-9-8-17(12-19(18)20)25-21(26)15-4-6-16(22)7-5-15/h4-9,12-13,23-24H,10-11H2,1-3H3,(H,25,26). The summed E-state index contributed by atoms with van der Waals surface area (Å²) in [6, 6.07) is 11.8. The van der Waals surface area contributed by atoms with Gasteiger partial charge in [-0.25, -0.2) is 4.39 Å². The number of hydrogen-bond acceptors (Lipinski definition) is 2. The van der Waals surface area contributed by atoms with Crippen LogP contribution in [0.15, 0.2) is 42.5 Å². The van der Waals surface area contributed by atoms with Gasteiger partial charge in [-0.1, -0.05) is 13.8 Å². The van der Waals surface area contributed by atoms with Gasteiger partial charge in [0.2, 0.25) is 0 Å². The normalized spacial score (nSPS) is 11.3. The first-order valence-corrected chi connectivity index (χ1v) is 8.85. The Morgan fingerprint density at radius 2 is 1.88 bits per heavy atom. The number of amides is 1. The summed E-state index contributed by atoms with van der Waals surface area (Å²) in [5.41, 5.74) is 4.61. The SMILES string of the molecule is Cc1[nH]c2ccc(NC(=O)c3ccc(F)cc3)cc2c1CCNC(C)C. The highest BCUT2D eigenvalue weighted by Crippen LogP contribution is 2.26. The fraction of sp³-hybridized carbons (Fsp3) is 0.286. The van der Waals surface area contributed by atoms with Crippen molar-refractivity contribution in [1.29, 1.82) is 0 Å². The molecule has 0 fully saturated rings. The number of halogens is 1. The number of rotatable bonds is 6. The summed E-state index contributed by atoms with van der Waals surface area (Å²) in [6.07, 6.45) is 0.916. The van der Waals surface area contributed by atoms with Gasteiger partial charge >= 0.3 is 0 Å². The number of aromatic amines is 1. The van der Waals surface area contributed by atoms with Gasteiger partial charge in [0.25, 0.3) is 5.91 Å². The lowest BCUT2D eigenvalue weighted by molar-refractivity contribution is 0.102. The maximum Gasteiger partial charge on any atom is 0.255 e. The number of nitrogens with one attached hydrogen (secondary N) is 3. The number of fused-ring (bicyclic) bond motifs is 1. The second-order valence-corrected chi connectivity index (χ2v) is 6.81. The third-order valence-corrected chi connectivity index (χ3v) is 4.41. The number of aromatic nitrogens is 1. The van der Waals surface area contributed by atoms with Crippen molar-refractivity contribution in [1.82, 2.24) is 10.3 Å². The predicted molar refractivity (Wildman–Crippen MR) is 104 cm³/mol. The minimum atomic E-state index is -0.356. The molecular weight excluding hydrogens is 329 g/mol. The lowest BCUT2D eigenvalue weighted by atomic mass is 10.1. The Kier molecular flexibility index (Phi) is 5.38. The number of carbonyl (C=O) groups is 1. The fourth-order valence-corrected chi connectivity index (χ4v) is 3.07. The van der Waals surface area contributed by atoms with Gasteiger partial charge in [0.05, 0.1) is 0 Å².